The van der Waals surface area contributed by atoms with Crippen LogP contribution in [0.2, 0.25) is 0 Å². The van der Waals surface area contributed by atoms with Crippen LogP contribution in [-0.4, -0.2) is 43.9 Å². The first-order valence-electron chi connectivity index (χ1n) is 10.1. The zero-order valence-corrected chi connectivity index (χ0v) is 18.1. The Labute approximate surface area is 182 Å². The summed E-state index contributed by atoms with van der Waals surface area (Å²) in [6, 6.07) is 10.3. The fourth-order valence-corrected chi connectivity index (χ4v) is 2.88. The van der Waals surface area contributed by atoms with E-state index < -0.39 is 0 Å². The van der Waals surface area contributed by atoms with Gasteiger partial charge in [0.25, 0.3) is 5.91 Å². The van der Waals surface area contributed by atoms with Gasteiger partial charge in [0.15, 0.2) is 11.5 Å². The largest absolute Gasteiger partial charge is 0.507 e. The molecule has 0 fully saturated rings. The second kappa shape index (κ2) is 12.2. The van der Waals surface area contributed by atoms with Crippen molar-refractivity contribution in [2.75, 3.05) is 20.8 Å². The number of methoxy groups -OCH3 is 2. The number of aromatic hydroxyl groups is 1. The molecular formula is C23H29N3O5. The summed E-state index contributed by atoms with van der Waals surface area (Å²) in [5, 5.41) is 16.6. The molecule has 0 bridgehead atoms. The van der Waals surface area contributed by atoms with Gasteiger partial charge in [-0.15, -0.1) is 0 Å². The van der Waals surface area contributed by atoms with Gasteiger partial charge in [-0.2, -0.15) is 5.10 Å². The Balaban J connectivity index is 1.63. The highest BCUT2D eigenvalue weighted by atomic mass is 16.5. The van der Waals surface area contributed by atoms with Gasteiger partial charge in [0.1, 0.15) is 5.75 Å². The van der Waals surface area contributed by atoms with E-state index in [1.165, 1.54) is 13.3 Å². The summed E-state index contributed by atoms with van der Waals surface area (Å²) in [6.07, 6.45) is 3.99. The van der Waals surface area contributed by atoms with Crippen LogP contribution in [0.25, 0.3) is 0 Å². The van der Waals surface area contributed by atoms with Crippen molar-refractivity contribution in [2.24, 2.45) is 5.10 Å². The number of aryl methyl sites for hydroxylation is 1. The number of nitrogens with one attached hydrogen (secondary N) is 2. The van der Waals surface area contributed by atoms with Crippen molar-refractivity contribution < 1.29 is 24.2 Å². The van der Waals surface area contributed by atoms with Gasteiger partial charge in [-0.25, -0.2) is 5.43 Å². The summed E-state index contributed by atoms with van der Waals surface area (Å²) in [5.41, 5.74) is 4.24. The van der Waals surface area contributed by atoms with Crippen LogP contribution in [0, 0.1) is 6.92 Å². The molecule has 0 unspecified atom stereocenters. The topological polar surface area (TPSA) is 109 Å². The van der Waals surface area contributed by atoms with Crippen LogP contribution < -0.4 is 20.2 Å². The molecule has 0 saturated carbocycles. The molecule has 0 atom stereocenters. The van der Waals surface area contributed by atoms with Crippen molar-refractivity contribution in [2.45, 2.75) is 32.6 Å². The maximum absolute atomic E-state index is 12.2. The first-order chi connectivity index (χ1) is 15.0. The molecule has 2 aromatic rings. The van der Waals surface area contributed by atoms with Gasteiger partial charge in [-0.05, 0) is 49.6 Å². The lowest BCUT2D eigenvalue weighted by molar-refractivity contribution is -0.121. The molecule has 0 aliphatic heterocycles. The zero-order chi connectivity index (χ0) is 22.6. The molecule has 0 aliphatic rings. The third-order valence-corrected chi connectivity index (χ3v) is 4.67. The predicted octanol–water partition coefficient (Wildman–Crippen LogP) is 3.16. The summed E-state index contributed by atoms with van der Waals surface area (Å²) in [4.78, 5) is 24.1. The van der Waals surface area contributed by atoms with Crippen molar-refractivity contribution in [1.29, 1.82) is 0 Å². The van der Waals surface area contributed by atoms with Crippen molar-refractivity contribution in [3.05, 3.63) is 53.1 Å². The predicted molar refractivity (Wildman–Crippen MR) is 119 cm³/mol. The maximum Gasteiger partial charge on any atom is 0.251 e. The number of amides is 2. The number of para-hydroxylation sites is 1. The Bertz CT molecular complexity index is 927. The van der Waals surface area contributed by atoms with Gasteiger partial charge < -0.3 is 19.9 Å². The number of hydrogen-bond donors (Lipinski definition) is 3. The molecule has 166 valence electrons. The van der Waals surface area contributed by atoms with Gasteiger partial charge >= 0.3 is 0 Å². The van der Waals surface area contributed by atoms with Gasteiger partial charge in [0.2, 0.25) is 5.91 Å². The molecule has 0 aliphatic carbocycles. The molecule has 8 heteroatoms. The summed E-state index contributed by atoms with van der Waals surface area (Å²) in [7, 11) is 3.06. The van der Waals surface area contributed by atoms with Gasteiger partial charge in [-0.1, -0.05) is 18.6 Å². The van der Waals surface area contributed by atoms with Crippen LogP contribution >= 0.6 is 0 Å². The van der Waals surface area contributed by atoms with Gasteiger partial charge in [0.05, 0.1) is 20.4 Å². The van der Waals surface area contributed by atoms with Crippen LogP contribution in [0.4, 0.5) is 0 Å². The number of hydrazone groups is 1. The average molecular weight is 428 g/mol. The molecule has 0 spiro atoms. The number of nitrogens with zero attached hydrogens (tertiary/aromatic N) is 1. The van der Waals surface area contributed by atoms with E-state index in [-0.39, 0.29) is 17.6 Å². The molecule has 3 N–H and O–H groups in total. The van der Waals surface area contributed by atoms with Crippen LogP contribution in [-0.2, 0) is 4.79 Å². The van der Waals surface area contributed by atoms with Crippen LogP contribution in [0.15, 0.2) is 41.5 Å². The molecule has 2 rings (SSSR count). The monoisotopic (exact) mass is 427 g/mol. The van der Waals surface area contributed by atoms with E-state index >= 15 is 0 Å². The second-order valence-electron chi connectivity index (χ2n) is 6.94. The van der Waals surface area contributed by atoms with E-state index in [2.05, 4.69) is 15.8 Å². The number of unbranched alkanes of at least 4 members (excludes halogenated alkanes) is 2. The van der Waals surface area contributed by atoms with E-state index in [9.17, 15) is 14.7 Å². The molecule has 2 aromatic carbocycles. The first kappa shape index (κ1) is 23.7. The number of rotatable bonds is 11. The highest BCUT2D eigenvalue weighted by molar-refractivity contribution is 5.94. The van der Waals surface area contributed by atoms with Crippen molar-refractivity contribution in [3.8, 4) is 17.2 Å². The van der Waals surface area contributed by atoms with Crippen LogP contribution in [0.5, 0.6) is 17.2 Å². The highest BCUT2D eigenvalue weighted by Crippen LogP contribution is 2.27. The number of phenols is 1. The smallest absolute Gasteiger partial charge is 0.251 e. The average Bonchev–Trinajstić information content (AvgIpc) is 2.78. The number of ether oxygens (including phenoxy) is 2. The molecular weight excluding hydrogens is 398 g/mol. The van der Waals surface area contributed by atoms with Crippen molar-refractivity contribution in [1.82, 2.24) is 10.7 Å². The molecule has 0 saturated heterocycles. The maximum atomic E-state index is 12.2. The third kappa shape index (κ3) is 7.33. The van der Waals surface area contributed by atoms with E-state index in [1.54, 1.807) is 44.4 Å². The van der Waals surface area contributed by atoms with E-state index in [0.717, 1.165) is 18.4 Å². The Morgan fingerprint density at radius 3 is 2.58 bits per heavy atom. The Hall–Kier alpha value is -3.55. The number of carbonyl (C=O) groups is 2. The quantitative estimate of drug-likeness (QED) is 0.290. The SMILES string of the molecule is COc1ccc(C(=O)NCCCCCC(=O)NN=Cc2cccc(C)c2O)cc1OC. The normalized spacial score (nSPS) is 10.7. The standard InChI is InChI=1S/C23H29N3O5/c1-16-8-7-9-18(22(16)28)15-25-26-21(27)10-5-4-6-13-24-23(29)17-11-12-19(30-2)20(14-17)31-3/h7-9,11-12,14-15,28H,4-6,10,13H2,1-3H3,(H,24,29)(H,26,27). The van der Waals surface area contributed by atoms with Gasteiger partial charge in [-0.3, -0.25) is 9.59 Å². The summed E-state index contributed by atoms with van der Waals surface area (Å²) >= 11 is 0. The van der Waals surface area contributed by atoms with Crippen molar-refractivity contribution in [3.63, 3.8) is 0 Å². The number of phenolic OH excluding ortho intramolecular Hbond substituents is 1. The first-order valence-corrected chi connectivity index (χ1v) is 10.1. The Kier molecular flexibility index (Phi) is 9.35. The fourth-order valence-electron chi connectivity index (χ4n) is 2.88. The lowest BCUT2D eigenvalue weighted by Crippen LogP contribution is -2.24. The molecule has 0 aromatic heterocycles. The summed E-state index contributed by atoms with van der Waals surface area (Å²) in [6.45, 7) is 2.31. The Morgan fingerprint density at radius 1 is 1.06 bits per heavy atom. The lowest BCUT2D eigenvalue weighted by Gasteiger charge is -2.10. The number of carbonyl (C=O) groups excluding carboxylic acids is 2. The number of hydrogen-bond acceptors (Lipinski definition) is 6. The minimum absolute atomic E-state index is 0.149. The van der Waals surface area contributed by atoms with E-state index in [4.69, 9.17) is 9.47 Å². The minimum atomic E-state index is -0.197. The zero-order valence-electron chi connectivity index (χ0n) is 18.1. The fraction of sp³-hybridized carbons (Fsp3) is 0.348. The van der Waals surface area contributed by atoms with E-state index in [0.29, 0.717) is 42.0 Å². The van der Waals surface area contributed by atoms with Crippen LogP contribution in [0.3, 0.4) is 0 Å². The van der Waals surface area contributed by atoms with Crippen molar-refractivity contribution >= 4 is 18.0 Å². The summed E-state index contributed by atoms with van der Waals surface area (Å²) < 4.78 is 10.4. The second-order valence-corrected chi connectivity index (χ2v) is 6.94. The summed E-state index contributed by atoms with van der Waals surface area (Å²) in [5.74, 6) is 0.833. The highest BCUT2D eigenvalue weighted by Gasteiger charge is 2.10. The van der Waals surface area contributed by atoms with E-state index in [1.807, 2.05) is 6.07 Å². The van der Waals surface area contributed by atoms with Gasteiger partial charge in [0, 0.05) is 24.1 Å². The lowest BCUT2D eigenvalue weighted by atomic mass is 10.1. The molecule has 8 nitrogen and oxygen atoms in total. The minimum Gasteiger partial charge on any atom is -0.507 e. The molecule has 2 amide bonds. The molecule has 0 heterocycles. The molecule has 31 heavy (non-hydrogen) atoms. The van der Waals surface area contributed by atoms with Crippen LogP contribution in [0.1, 0.15) is 47.2 Å². The molecule has 0 radical (unpaired) electrons. The third-order valence-electron chi connectivity index (χ3n) is 4.67. The number of benzene rings is 2. The Morgan fingerprint density at radius 2 is 1.84 bits per heavy atom.